The summed E-state index contributed by atoms with van der Waals surface area (Å²) in [4.78, 5) is 30.5. The summed E-state index contributed by atoms with van der Waals surface area (Å²) in [5, 5.41) is 7.34. The number of carbonyl (C=O) groups is 1. The van der Waals surface area contributed by atoms with Crippen LogP contribution in [0.5, 0.6) is 0 Å². The normalized spacial score (nSPS) is 12.8. The van der Waals surface area contributed by atoms with Crippen LogP contribution >= 0.6 is 0 Å². The number of rotatable bonds is 4. The van der Waals surface area contributed by atoms with E-state index in [1.807, 2.05) is 51.1 Å². The Morgan fingerprint density at radius 1 is 1.18 bits per heavy atom. The molecular formula is C21H23N5O2. The molecule has 4 rings (SSSR count). The van der Waals surface area contributed by atoms with Crippen molar-refractivity contribution >= 4 is 11.6 Å². The Labute approximate surface area is 163 Å². The molecule has 0 atom stereocenters. The highest BCUT2D eigenvalue weighted by atomic mass is 16.2. The molecular weight excluding hydrogens is 354 g/mol. The van der Waals surface area contributed by atoms with E-state index in [4.69, 9.17) is 4.98 Å². The summed E-state index contributed by atoms with van der Waals surface area (Å²) in [7, 11) is 0. The monoisotopic (exact) mass is 377 g/mol. The second-order valence-electron chi connectivity index (χ2n) is 7.34. The van der Waals surface area contributed by atoms with Crippen molar-refractivity contribution in [3.05, 3.63) is 68.9 Å². The van der Waals surface area contributed by atoms with Crippen molar-refractivity contribution < 1.29 is 4.79 Å². The van der Waals surface area contributed by atoms with Gasteiger partial charge in [-0.2, -0.15) is 5.10 Å². The van der Waals surface area contributed by atoms with Crippen LogP contribution in [-0.2, 0) is 24.2 Å². The average molecular weight is 377 g/mol. The summed E-state index contributed by atoms with van der Waals surface area (Å²) in [5.41, 5.74) is 4.86. The van der Waals surface area contributed by atoms with Gasteiger partial charge in [-0.05, 0) is 63.8 Å². The molecule has 1 aromatic carbocycles. The maximum atomic E-state index is 13.1. The summed E-state index contributed by atoms with van der Waals surface area (Å²) in [5.74, 6) is 0.130. The highest BCUT2D eigenvalue weighted by Crippen LogP contribution is 2.19. The molecule has 0 bridgehead atoms. The van der Waals surface area contributed by atoms with Crippen molar-refractivity contribution in [1.29, 1.82) is 0 Å². The third kappa shape index (κ3) is 3.35. The van der Waals surface area contributed by atoms with Crippen molar-refractivity contribution in [2.75, 3.05) is 5.32 Å². The Bertz CT molecular complexity index is 1130. The third-order valence-electron chi connectivity index (χ3n) is 4.97. The van der Waals surface area contributed by atoms with E-state index in [1.54, 1.807) is 4.68 Å². The minimum atomic E-state index is -0.268. The van der Waals surface area contributed by atoms with E-state index >= 15 is 0 Å². The van der Waals surface area contributed by atoms with Crippen LogP contribution in [0.15, 0.2) is 35.1 Å². The predicted molar refractivity (Wildman–Crippen MR) is 107 cm³/mol. The Morgan fingerprint density at radius 3 is 2.71 bits per heavy atom. The second-order valence-corrected chi connectivity index (χ2v) is 7.34. The molecule has 1 aliphatic carbocycles. The lowest BCUT2D eigenvalue weighted by molar-refractivity contribution is -0.116. The van der Waals surface area contributed by atoms with Crippen molar-refractivity contribution in [2.24, 2.45) is 0 Å². The fraction of sp³-hybridized carbons (Fsp3) is 0.333. The Morgan fingerprint density at radius 2 is 2.00 bits per heavy atom. The first kappa shape index (κ1) is 18.2. The van der Waals surface area contributed by atoms with Crippen LogP contribution in [0.4, 0.5) is 5.69 Å². The summed E-state index contributed by atoms with van der Waals surface area (Å²) in [6.07, 6.45) is 2.40. The highest BCUT2D eigenvalue weighted by Gasteiger charge is 2.23. The van der Waals surface area contributed by atoms with Crippen LogP contribution in [-0.4, -0.2) is 25.2 Å². The fourth-order valence-corrected chi connectivity index (χ4v) is 3.72. The number of aromatic nitrogens is 4. The van der Waals surface area contributed by atoms with Crippen LogP contribution in [0.3, 0.4) is 0 Å². The molecule has 0 unspecified atom stereocenters. The molecule has 0 aliphatic heterocycles. The SMILES string of the molecule is Cc1cccc(NC(=O)Cn2c(-n3nc(C)cc3C)nc3c(c2=O)CCC3)c1. The molecule has 0 saturated heterocycles. The van der Waals surface area contributed by atoms with Crippen LogP contribution < -0.4 is 10.9 Å². The summed E-state index contributed by atoms with van der Waals surface area (Å²) in [6, 6.07) is 9.50. The number of hydrogen-bond donors (Lipinski definition) is 1. The lowest BCUT2D eigenvalue weighted by atomic mass is 10.2. The topological polar surface area (TPSA) is 81.8 Å². The van der Waals surface area contributed by atoms with Crippen LogP contribution in [0.1, 0.15) is 34.6 Å². The smallest absolute Gasteiger partial charge is 0.258 e. The van der Waals surface area contributed by atoms with Crippen LogP contribution in [0.25, 0.3) is 5.95 Å². The number of amides is 1. The van der Waals surface area contributed by atoms with E-state index in [9.17, 15) is 9.59 Å². The van der Waals surface area contributed by atoms with Crippen molar-refractivity contribution in [3.8, 4) is 5.95 Å². The minimum Gasteiger partial charge on any atom is -0.325 e. The van der Waals surface area contributed by atoms with Gasteiger partial charge in [0.1, 0.15) is 6.54 Å². The number of nitrogens with zero attached hydrogens (tertiary/aromatic N) is 4. The molecule has 0 saturated carbocycles. The molecule has 0 radical (unpaired) electrons. The van der Waals surface area contributed by atoms with Gasteiger partial charge in [-0.25, -0.2) is 9.67 Å². The molecule has 3 aromatic rings. The molecule has 144 valence electrons. The number of nitrogens with one attached hydrogen (secondary N) is 1. The van der Waals surface area contributed by atoms with Gasteiger partial charge in [-0.3, -0.25) is 14.2 Å². The van der Waals surface area contributed by atoms with Crippen LogP contribution in [0, 0.1) is 20.8 Å². The zero-order valence-electron chi connectivity index (χ0n) is 16.3. The number of fused-ring (bicyclic) bond motifs is 1. The van der Waals surface area contributed by atoms with Gasteiger partial charge in [-0.15, -0.1) is 0 Å². The zero-order valence-corrected chi connectivity index (χ0v) is 16.3. The molecule has 0 spiro atoms. The van der Waals surface area contributed by atoms with Crippen molar-refractivity contribution in [1.82, 2.24) is 19.3 Å². The molecule has 1 aliphatic rings. The lowest BCUT2D eigenvalue weighted by Crippen LogP contribution is -2.34. The number of aryl methyl sites for hydroxylation is 4. The maximum Gasteiger partial charge on any atom is 0.258 e. The minimum absolute atomic E-state index is 0.110. The molecule has 28 heavy (non-hydrogen) atoms. The van der Waals surface area contributed by atoms with Gasteiger partial charge in [0, 0.05) is 16.9 Å². The molecule has 1 amide bonds. The van der Waals surface area contributed by atoms with Gasteiger partial charge in [0.25, 0.3) is 5.56 Å². The van der Waals surface area contributed by atoms with Gasteiger partial charge in [0.2, 0.25) is 11.9 Å². The van der Waals surface area contributed by atoms with Crippen LogP contribution in [0.2, 0.25) is 0 Å². The standard InChI is InChI=1S/C21H23N5O2/c1-13-6-4-7-16(10-13)22-19(27)12-25-20(28)17-8-5-9-18(17)23-21(25)26-15(3)11-14(2)24-26/h4,6-7,10-11H,5,8-9,12H2,1-3H3,(H,22,27). The van der Waals surface area contributed by atoms with Gasteiger partial charge < -0.3 is 5.32 Å². The quantitative estimate of drug-likeness (QED) is 0.757. The zero-order chi connectivity index (χ0) is 19.8. The fourth-order valence-electron chi connectivity index (χ4n) is 3.72. The summed E-state index contributed by atoms with van der Waals surface area (Å²) in [6.45, 7) is 5.66. The Hall–Kier alpha value is -3.22. The molecule has 7 heteroatoms. The van der Waals surface area contributed by atoms with Gasteiger partial charge in [0.05, 0.1) is 11.4 Å². The van der Waals surface area contributed by atoms with Gasteiger partial charge in [0.15, 0.2) is 0 Å². The van der Waals surface area contributed by atoms with Crippen molar-refractivity contribution in [3.63, 3.8) is 0 Å². The molecule has 0 fully saturated rings. The number of anilines is 1. The largest absolute Gasteiger partial charge is 0.325 e. The van der Waals surface area contributed by atoms with E-state index in [1.165, 1.54) is 4.57 Å². The maximum absolute atomic E-state index is 13.1. The number of carbonyl (C=O) groups excluding carboxylic acids is 1. The van der Waals surface area contributed by atoms with E-state index < -0.39 is 0 Å². The highest BCUT2D eigenvalue weighted by molar-refractivity contribution is 5.90. The number of benzene rings is 1. The number of hydrogen-bond acceptors (Lipinski definition) is 4. The van der Waals surface area contributed by atoms with E-state index in [2.05, 4.69) is 10.4 Å². The van der Waals surface area contributed by atoms with Crippen molar-refractivity contribution in [2.45, 2.75) is 46.6 Å². The molecule has 7 nitrogen and oxygen atoms in total. The third-order valence-corrected chi connectivity index (χ3v) is 4.97. The lowest BCUT2D eigenvalue weighted by Gasteiger charge is -2.15. The van der Waals surface area contributed by atoms with E-state index in [0.29, 0.717) is 23.6 Å². The first-order valence-corrected chi connectivity index (χ1v) is 9.45. The van der Waals surface area contributed by atoms with Gasteiger partial charge >= 0.3 is 0 Å². The Balaban J connectivity index is 1.74. The molecule has 2 heterocycles. The van der Waals surface area contributed by atoms with E-state index in [-0.39, 0.29) is 18.0 Å². The van der Waals surface area contributed by atoms with Gasteiger partial charge in [-0.1, -0.05) is 12.1 Å². The van der Waals surface area contributed by atoms with E-state index in [0.717, 1.165) is 35.5 Å². The first-order chi connectivity index (χ1) is 13.4. The average Bonchev–Trinajstić information content (AvgIpc) is 3.23. The molecule has 2 aromatic heterocycles. The second kappa shape index (κ2) is 7.07. The first-order valence-electron chi connectivity index (χ1n) is 9.45. The predicted octanol–water partition coefficient (Wildman–Crippen LogP) is 2.48. The Kier molecular flexibility index (Phi) is 4.58. The summed E-state index contributed by atoms with van der Waals surface area (Å²) >= 11 is 0. The molecule has 1 N–H and O–H groups in total. The summed E-state index contributed by atoms with van der Waals surface area (Å²) < 4.78 is 3.09.